The minimum Gasteiger partial charge on any atom is -0.381 e. The van der Waals surface area contributed by atoms with Gasteiger partial charge in [0.1, 0.15) is 5.82 Å². The van der Waals surface area contributed by atoms with Crippen LogP contribution >= 0.6 is 0 Å². The maximum absolute atomic E-state index is 10.9. The molecule has 0 bridgehead atoms. The third-order valence-electron chi connectivity index (χ3n) is 3.09. The van der Waals surface area contributed by atoms with Crippen LogP contribution in [0.5, 0.6) is 0 Å². The molecule has 0 N–H and O–H groups in total. The highest BCUT2D eigenvalue weighted by atomic mass is 16.5. The summed E-state index contributed by atoms with van der Waals surface area (Å²) in [4.78, 5) is 17.2. The lowest BCUT2D eigenvalue weighted by atomic mass is 10.0. The first-order valence-corrected chi connectivity index (χ1v) is 6.00. The van der Waals surface area contributed by atoms with Crippen LogP contribution in [0.2, 0.25) is 0 Å². The van der Waals surface area contributed by atoms with Gasteiger partial charge in [-0.05, 0) is 30.9 Å². The first kappa shape index (κ1) is 12.0. The smallest absolute Gasteiger partial charge is 0.153 e. The molecular formula is C13H18N2O2. The molecule has 1 saturated heterocycles. The van der Waals surface area contributed by atoms with Crippen molar-refractivity contribution >= 4 is 12.1 Å². The molecule has 1 aliphatic rings. The number of anilines is 1. The van der Waals surface area contributed by atoms with Gasteiger partial charge in [-0.1, -0.05) is 0 Å². The average Bonchev–Trinajstić information content (AvgIpc) is 2.40. The maximum atomic E-state index is 10.9. The monoisotopic (exact) mass is 234 g/mol. The van der Waals surface area contributed by atoms with Crippen LogP contribution in [0.25, 0.3) is 0 Å². The summed E-state index contributed by atoms with van der Waals surface area (Å²) in [6, 6.07) is 3.58. The normalized spacial score (nSPS) is 19.9. The Bertz CT molecular complexity index is 375. The highest BCUT2D eigenvalue weighted by Gasteiger charge is 2.17. The largest absolute Gasteiger partial charge is 0.381 e. The van der Waals surface area contributed by atoms with Gasteiger partial charge in [-0.25, -0.2) is 4.98 Å². The molecule has 1 aromatic rings. The van der Waals surface area contributed by atoms with Crippen molar-refractivity contribution < 1.29 is 9.53 Å². The van der Waals surface area contributed by atoms with Gasteiger partial charge in [-0.3, -0.25) is 4.79 Å². The molecule has 1 aromatic heterocycles. The maximum Gasteiger partial charge on any atom is 0.153 e. The molecule has 92 valence electrons. The predicted octanol–water partition coefficient (Wildman–Crippen LogP) is 1.76. The fourth-order valence-corrected chi connectivity index (χ4v) is 2.25. The van der Waals surface area contributed by atoms with Crippen LogP contribution < -0.4 is 4.90 Å². The van der Waals surface area contributed by atoms with Crippen molar-refractivity contribution in [2.24, 2.45) is 5.92 Å². The van der Waals surface area contributed by atoms with Crippen LogP contribution in [0.3, 0.4) is 0 Å². The molecule has 0 amide bonds. The molecule has 1 aliphatic heterocycles. The van der Waals surface area contributed by atoms with Gasteiger partial charge in [-0.15, -0.1) is 0 Å². The Hall–Kier alpha value is -1.42. The van der Waals surface area contributed by atoms with E-state index < -0.39 is 0 Å². The number of ether oxygens (including phenoxy) is 1. The van der Waals surface area contributed by atoms with Gasteiger partial charge in [0, 0.05) is 26.4 Å². The van der Waals surface area contributed by atoms with Crippen LogP contribution in [0, 0.1) is 5.92 Å². The first-order valence-electron chi connectivity index (χ1n) is 6.00. The number of pyridine rings is 1. The van der Waals surface area contributed by atoms with E-state index in [2.05, 4.69) is 4.98 Å². The van der Waals surface area contributed by atoms with Crippen LogP contribution in [0.1, 0.15) is 23.2 Å². The van der Waals surface area contributed by atoms with Crippen LogP contribution in [0.4, 0.5) is 5.82 Å². The molecule has 0 spiro atoms. The minimum atomic E-state index is 0.537. The first-order chi connectivity index (χ1) is 8.31. The number of aromatic nitrogens is 1. The molecule has 1 atom stereocenters. The van der Waals surface area contributed by atoms with Crippen molar-refractivity contribution in [1.29, 1.82) is 0 Å². The van der Waals surface area contributed by atoms with E-state index in [0.29, 0.717) is 11.5 Å². The second-order valence-electron chi connectivity index (χ2n) is 4.50. The van der Waals surface area contributed by atoms with Gasteiger partial charge in [0.05, 0.1) is 12.2 Å². The Balaban J connectivity index is 2.02. The lowest BCUT2D eigenvalue weighted by molar-refractivity contribution is 0.0576. The van der Waals surface area contributed by atoms with Gasteiger partial charge < -0.3 is 9.64 Å². The Morgan fingerprint density at radius 3 is 3.24 bits per heavy atom. The second kappa shape index (κ2) is 5.77. The summed E-state index contributed by atoms with van der Waals surface area (Å²) in [5.41, 5.74) is 0.645. The molecule has 1 unspecified atom stereocenters. The Morgan fingerprint density at radius 2 is 2.53 bits per heavy atom. The van der Waals surface area contributed by atoms with Crippen molar-refractivity contribution in [3.05, 3.63) is 23.9 Å². The third-order valence-corrected chi connectivity index (χ3v) is 3.09. The zero-order valence-electron chi connectivity index (χ0n) is 10.1. The van der Waals surface area contributed by atoms with Crippen molar-refractivity contribution in [1.82, 2.24) is 4.98 Å². The Labute approximate surface area is 102 Å². The summed E-state index contributed by atoms with van der Waals surface area (Å²) in [7, 11) is 1.98. The molecule has 0 saturated carbocycles. The van der Waals surface area contributed by atoms with Crippen LogP contribution in [-0.2, 0) is 4.74 Å². The molecule has 2 heterocycles. The number of hydrogen-bond donors (Lipinski definition) is 0. The Kier molecular flexibility index (Phi) is 4.09. The number of nitrogens with zero attached hydrogens (tertiary/aromatic N) is 2. The average molecular weight is 234 g/mol. The van der Waals surface area contributed by atoms with E-state index in [-0.39, 0.29) is 0 Å². The quantitative estimate of drug-likeness (QED) is 0.744. The summed E-state index contributed by atoms with van der Waals surface area (Å²) < 4.78 is 5.46. The van der Waals surface area contributed by atoms with E-state index in [1.165, 1.54) is 6.42 Å². The summed E-state index contributed by atoms with van der Waals surface area (Å²) in [6.45, 7) is 2.58. The standard InChI is InChI=1S/C13H18N2O2/c1-15(8-11-4-3-7-17-10-11)13-12(9-16)5-2-6-14-13/h2,5-6,9,11H,3-4,7-8,10H2,1H3. The second-order valence-corrected chi connectivity index (χ2v) is 4.50. The molecule has 0 aliphatic carbocycles. The van der Waals surface area contributed by atoms with E-state index in [9.17, 15) is 4.79 Å². The number of aldehydes is 1. The van der Waals surface area contributed by atoms with Gasteiger partial charge in [0.25, 0.3) is 0 Å². The molecule has 2 rings (SSSR count). The summed E-state index contributed by atoms with van der Waals surface area (Å²) in [5.74, 6) is 1.29. The van der Waals surface area contributed by atoms with E-state index in [0.717, 1.165) is 38.3 Å². The summed E-state index contributed by atoms with van der Waals surface area (Å²) in [5, 5.41) is 0. The molecule has 1 fully saturated rings. The molecule has 0 aromatic carbocycles. The van der Waals surface area contributed by atoms with E-state index >= 15 is 0 Å². The van der Waals surface area contributed by atoms with E-state index in [4.69, 9.17) is 4.74 Å². The van der Waals surface area contributed by atoms with Crippen molar-refractivity contribution in [3.8, 4) is 0 Å². The number of carbonyl (C=O) groups is 1. The van der Waals surface area contributed by atoms with Gasteiger partial charge in [0.2, 0.25) is 0 Å². The van der Waals surface area contributed by atoms with Gasteiger partial charge >= 0.3 is 0 Å². The highest BCUT2D eigenvalue weighted by Crippen LogP contribution is 2.19. The Morgan fingerprint density at radius 1 is 1.65 bits per heavy atom. The molecular weight excluding hydrogens is 216 g/mol. The van der Waals surface area contributed by atoms with Crippen molar-refractivity contribution in [3.63, 3.8) is 0 Å². The number of carbonyl (C=O) groups excluding carboxylic acids is 1. The molecule has 4 nitrogen and oxygen atoms in total. The lowest BCUT2D eigenvalue weighted by Crippen LogP contribution is -2.31. The molecule has 17 heavy (non-hydrogen) atoms. The highest BCUT2D eigenvalue weighted by molar-refractivity contribution is 5.82. The van der Waals surface area contributed by atoms with Crippen molar-refractivity contribution in [2.75, 3.05) is 31.7 Å². The predicted molar refractivity (Wildman–Crippen MR) is 66.4 cm³/mol. The number of rotatable bonds is 4. The number of hydrogen-bond acceptors (Lipinski definition) is 4. The summed E-state index contributed by atoms with van der Waals surface area (Å²) in [6.07, 6.45) is 4.89. The molecule has 0 radical (unpaired) electrons. The topological polar surface area (TPSA) is 42.4 Å². The summed E-state index contributed by atoms with van der Waals surface area (Å²) >= 11 is 0. The van der Waals surface area contributed by atoms with Gasteiger partial charge in [-0.2, -0.15) is 0 Å². The minimum absolute atomic E-state index is 0.537. The fraction of sp³-hybridized carbons (Fsp3) is 0.538. The SMILES string of the molecule is CN(CC1CCCOC1)c1ncccc1C=O. The van der Waals surface area contributed by atoms with Crippen LogP contribution in [0.15, 0.2) is 18.3 Å². The molecule has 4 heteroatoms. The van der Waals surface area contributed by atoms with Crippen molar-refractivity contribution in [2.45, 2.75) is 12.8 Å². The van der Waals surface area contributed by atoms with E-state index in [1.807, 2.05) is 11.9 Å². The zero-order valence-corrected chi connectivity index (χ0v) is 10.1. The fourth-order valence-electron chi connectivity index (χ4n) is 2.25. The third kappa shape index (κ3) is 3.03. The zero-order chi connectivity index (χ0) is 12.1. The van der Waals surface area contributed by atoms with Crippen LogP contribution in [-0.4, -0.2) is 38.1 Å². The van der Waals surface area contributed by atoms with E-state index in [1.54, 1.807) is 18.3 Å². The lowest BCUT2D eigenvalue weighted by Gasteiger charge is -2.28. The van der Waals surface area contributed by atoms with Gasteiger partial charge in [0.15, 0.2) is 6.29 Å².